The van der Waals surface area contributed by atoms with Crippen molar-refractivity contribution in [1.29, 1.82) is 0 Å². The van der Waals surface area contributed by atoms with Crippen molar-refractivity contribution < 1.29 is 9.59 Å². The van der Waals surface area contributed by atoms with Gasteiger partial charge in [0.2, 0.25) is 5.91 Å². The summed E-state index contributed by atoms with van der Waals surface area (Å²) in [7, 11) is 0. The van der Waals surface area contributed by atoms with Crippen molar-refractivity contribution in [3.63, 3.8) is 0 Å². The summed E-state index contributed by atoms with van der Waals surface area (Å²) in [6, 6.07) is 18.5. The van der Waals surface area contributed by atoms with E-state index in [-0.39, 0.29) is 24.2 Å². The highest BCUT2D eigenvalue weighted by Gasteiger charge is 2.25. The monoisotopic (exact) mass is 387 g/mol. The number of benzene rings is 2. The van der Waals surface area contributed by atoms with E-state index in [1.54, 1.807) is 4.90 Å². The van der Waals surface area contributed by atoms with Crippen LogP contribution in [0, 0.1) is 0 Å². The van der Waals surface area contributed by atoms with Crippen LogP contribution in [-0.4, -0.2) is 53.8 Å². The quantitative estimate of drug-likeness (QED) is 0.875. The van der Waals surface area contributed by atoms with Crippen LogP contribution < -0.4 is 5.73 Å². The Bertz CT molecular complexity index is 740. The van der Waals surface area contributed by atoms with E-state index >= 15 is 0 Å². The van der Waals surface area contributed by atoms with Gasteiger partial charge in [0.25, 0.3) is 5.91 Å². The lowest BCUT2D eigenvalue weighted by atomic mass is 10.1. The van der Waals surface area contributed by atoms with Crippen LogP contribution in [0.4, 0.5) is 0 Å². The molecule has 5 nitrogen and oxygen atoms in total. The molecule has 6 heteroatoms. The highest BCUT2D eigenvalue weighted by atomic mass is 35.5. The van der Waals surface area contributed by atoms with Crippen molar-refractivity contribution in [2.45, 2.75) is 18.9 Å². The number of rotatable bonds is 4. The topological polar surface area (TPSA) is 66.6 Å². The maximum Gasteiger partial charge on any atom is 0.253 e. The third-order valence-corrected chi connectivity index (χ3v) is 4.73. The average Bonchev–Trinajstić information content (AvgIpc) is 2.94. The van der Waals surface area contributed by atoms with Crippen LogP contribution in [0.25, 0.3) is 0 Å². The standard InChI is InChI=1S/C21H25N3O2.ClH/c22-19(16-17-8-3-1-4-9-17)21(26)24-13-7-12-23(14-15-24)20(25)18-10-5-2-6-11-18;/h1-6,8-11,19H,7,12-16,22H2;1H/t19-;/m0./s1. The van der Waals surface area contributed by atoms with E-state index in [1.165, 1.54) is 0 Å². The number of carbonyl (C=O) groups excluding carboxylic acids is 2. The highest BCUT2D eigenvalue weighted by Crippen LogP contribution is 2.11. The highest BCUT2D eigenvalue weighted by molar-refractivity contribution is 5.94. The van der Waals surface area contributed by atoms with Crippen LogP contribution in [0.15, 0.2) is 60.7 Å². The average molecular weight is 388 g/mol. The molecule has 2 aromatic rings. The van der Waals surface area contributed by atoms with Gasteiger partial charge in [-0.05, 0) is 30.5 Å². The molecule has 0 saturated carbocycles. The third kappa shape index (κ3) is 5.55. The first-order valence-corrected chi connectivity index (χ1v) is 9.08. The van der Waals surface area contributed by atoms with Crippen LogP contribution >= 0.6 is 12.4 Å². The van der Waals surface area contributed by atoms with Crippen LogP contribution in [0.1, 0.15) is 22.3 Å². The number of amides is 2. The third-order valence-electron chi connectivity index (χ3n) is 4.73. The Hall–Kier alpha value is -2.37. The number of hydrogen-bond donors (Lipinski definition) is 1. The summed E-state index contributed by atoms with van der Waals surface area (Å²) in [4.78, 5) is 28.9. The van der Waals surface area contributed by atoms with Crippen LogP contribution in [0.3, 0.4) is 0 Å². The van der Waals surface area contributed by atoms with Crippen molar-refractivity contribution in [1.82, 2.24) is 9.80 Å². The van der Waals surface area contributed by atoms with Crippen molar-refractivity contribution in [2.24, 2.45) is 5.73 Å². The van der Waals surface area contributed by atoms with Crippen molar-refractivity contribution in [3.8, 4) is 0 Å². The molecule has 27 heavy (non-hydrogen) atoms. The molecular weight excluding hydrogens is 362 g/mol. The molecule has 1 aliphatic rings. The number of nitrogens with two attached hydrogens (primary N) is 1. The molecular formula is C21H26ClN3O2. The SMILES string of the molecule is Cl.N[C@@H](Cc1ccccc1)C(=O)N1CCCN(C(=O)c2ccccc2)CC1. The zero-order valence-corrected chi connectivity index (χ0v) is 16.1. The molecule has 1 aliphatic heterocycles. The second-order valence-corrected chi connectivity index (χ2v) is 6.63. The Morgan fingerprint density at radius 2 is 1.41 bits per heavy atom. The molecule has 3 rings (SSSR count). The van der Waals surface area contributed by atoms with Crippen molar-refractivity contribution in [3.05, 3.63) is 71.8 Å². The Labute approximate surface area is 166 Å². The van der Waals surface area contributed by atoms with Gasteiger partial charge < -0.3 is 15.5 Å². The van der Waals surface area contributed by atoms with E-state index in [0.29, 0.717) is 38.2 Å². The molecule has 0 aromatic heterocycles. The molecule has 2 amide bonds. The number of carbonyl (C=O) groups is 2. The summed E-state index contributed by atoms with van der Waals surface area (Å²) in [5, 5.41) is 0. The predicted octanol–water partition coefficient (Wildman–Crippen LogP) is 2.35. The lowest BCUT2D eigenvalue weighted by molar-refractivity contribution is -0.132. The van der Waals surface area contributed by atoms with Crippen LogP contribution in [0.2, 0.25) is 0 Å². The maximum atomic E-state index is 12.7. The molecule has 1 heterocycles. The van der Waals surface area contributed by atoms with Crippen LogP contribution in [0.5, 0.6) is 0 Å². The second-order valence-electron chi connectivity index (χ2n) is 6.63. The number of hydrogen-bond acceptors (Lipinski definition) is 3. The van der Waals surface area contributed by atoms with Gasteiger partial charge in [-0.1, -0.05) is 48.5 Å². The van der Waals surface area contributed by atoms with Gasteiger partial charge in [0.15, 0.2) is 0 Å². The van der Waals surface area contributed by atoms with Gasteiger partial charge in [-0.25, -0.2) is 0 Å². The molecule has 0 spiro atoms. The molecule has 0 radical (unpaired) electrons. The number of halogens is 1. The Kier molecular flexibility index (Phi) is 7.82. The molecule has 1 fully saturated rings. The van der Waals surface area contributed by atoms with Gasteiger partial charge in [0.05, 0.1) is 6.04 Å². The van der Waals surface area contributed by atoms with Gasteiger partial charge in [-0.15, -0.1) is 12.4 Å². The zero-order chi connectivity index (χ0) is 18.4. The van der Waals surface area contributed by atoms with Gasteiger partial charge in [-0.2, -0.15) is 0 Å². The minimum absolute atomic E-state index is 0. The minimum atomic E-state index is -0.547. The molecule has 2 N–H and O–H groups in total. The fraction of sp³-hybridized carbons (Fsp3) is 0.333. The normalized spacial score (nSPS) is 15.4. The van der Waals surface area contributed by atoms with Crippen molar-refractivity contribution in [2.75, 3.05) is 26.2 Å². The van der Waals surface area contributed by atoms with E-state index < -0.39 is 6.04 Å². The van der Waals surface area contributed by atoms with E-state index in [4.69, 9.17) is 5.73 Å². The smallest absolute Gasteiger partial charge is 0.253 e. The van der Waals surface area contributed by atoms with E-state index in [1.807, 2.05) is 65.6 Å². The van der Waals surface area contributed by atoms with Gasteiger partial charge in [-0.3, -0.25) is 9.59 Å². The summed E-state index contributed by atoms with van der Waals surface area (Å²) in [6.07, 6.45) is 1.30. The lowest BCUT2D eigenvalue weighted by Gasteiger charge is -2.25. The van der Waals surface area contributed by atoms with Gasteiger partial charge in [0.1, 0.15) is 0 Å². The summed E-state index contributed by atoms with van der Waals surface area (Å²) >= 11 is 0. The lowest BCUT2D eigenvalue weighted by Crippen LogP contribution is -2.46. The number of nitrogens with zero attached hydrogens (tertiary/aromatic N) is 2. The van der Waals surface area contributed by atoms with Gasteiger partial charge >= 0.3 is 0 Å². The molecule has 2 aromatic carbocycles. The summed E-state index contributed by atoms with van der Waals surface area (Å²) in [5.74, 6) is -0.0173. The van der Waals surface area contributed by atoms with Crippen molar-refractivity contribution >= 4 is 24.2 Å². The first-order valence-electron chi connectivity index (χ1n) is 9.08. The predicted molar refractivity (Wildman–Crippen MR) is 109 cm³/mol. The Balaban J connectivity index is 0.00000261. The fourth-order valence-corrected chi connectivity index (χ4v) is 3.29. The second kappa shape index (κ2) is 10.1. The molecule has 1 saturated heterocycles. The molecule has 0 bridgehead atoms. The summed E-state index contributed by atoms with van der Waals surface area (Å²) in [5.41, 5.74) is 7.89. The molecule has 144 valence electrons. The fourth-order valence-electron chi connectivity index (χ4n) is 3.29. The van der Waals surface area contributed by atoms with E-state index in [2.05, 4.69) is 0 Å². The van der Waals surface area contributed by atoms with Crippen LogP contribution in [-0.2, 0) is 11.2 Å². The molecule has 1 atom stereocenters. The first-order chi connectivity index (χ1) is 12.6. The van der Waals surface area contributed by atoms with Gasteiger partial charge in [0, 0.05) is 31.7 Å². The summed E-state index contributed by atoms with van der Waals surface area (Å²) < 4.78 is 0. The molecule has 0 aliphatic carbocycles. The zero-order valence-electron chi connectivity index (χ0n) is 15.3. The minimum Gasteiger partial charge on any atom is -0.339 e. The van der Waals surface area contributed by atoms with E-state index in [9.17, 15) is 9.59 Å². The Morgan fingerprint density at radius 1 is 0.852 bits per heavy atom. The van der Waals surface area contributed by atoms with E-state index in [0.717, 1.165) is 12.0 Å². The Morgan fingerprint density at radius 3 is 2.07 bits per heavy atom. The maximum absolute atomic E-state index is 12.7. The summed E-state index contributed by atoms with van der Waals surface area (Å²) in [6.45, 7) is 2.36. The largest absolute Gasteiger partial charge is 0.339 e. The molecule has 0 unspecified atom stereocenters. The first kappa shape index (κ1) is 20.9.